The Hall–Kier alpha value is -2.83. The zero-order chi connectivity index (χ0) is 17.5. The Balaban J connectivity index is 1.77. The van der Waals surface area contributed by atoms with Crippen LogP contribution in [-0.2, 0) is 20.7 Å². The van der Waals surface area contributed by atoms with Crippen molar-refractivity contribution in [3.63, 3.8) is 0 Å². The maximum Gasteiger partial charge on any atom is 0.306 e. The van der Waals surface area contributed by atoms with Gasteiger partial charge in [-0.2, -0.15) is 0 Å². The van der Waals surface area contributed by atoms with E-state index in [-0.39, 0.29) is 6.42 Å². The number of methoxy groups -OCH3 is 1. The molecule has 2 rings (SSSR count). The molecule has 1 heterocycles. The first kappa shape index (κ1) is 17.5. The summed E-state index contributed by atoms with van der Waals surface area (Å²) < 4.78 is 15.0. The van der Waals surface area contributed by atoms with E-state index in [2.05, 4.69) is 10.5 Å². The van der Waals surface area contributed by atoms with Crippen LogP contribution in [0, 0.1) is 6.92 Å². The number of anilines is 1. The maximum atomic E-state index is 11.9. The molecule has 0 spiro atoms. The predicted molar refractivity (Wildman–Crippen MR) is 86.7 cm³/mol. The minimum absolute atomic E-state index is 0.188. The number of aromatic nitrogens is 1. The number of amides is 1. The van der Waals surface area contributed by atoms with Crippen molar-refractivity contribution in [1.29, 1.82) is 0 Å². The summed E-state index contributed by atoms with van der Waals surface area (Å²) in [7, 11) is 1.60. The standard InChI is InChI=1S/C17H20N2O5/c1-11-10-15(19-24-11)18-17(21)12(2)23-16(20)9-6-13-4-7-14(22-3)8-5-13/h4-5,7-8,10,12H,6,9H2,1-3H3,(H,18,19,21)/t12-/m1/s1. The zero-order valence-corrected chi connectivity index (χ0v) is 13.9. The Morgan fingerprint density at radius 1 is 1.29 bits per heavy atom. The first-order chi connectivity index (χ1) is 11.5. The van der Waals surface area contributed by atoms with Gasteiger partial charge in [-0.1, -0.05) is 17.3 Å². The van der Waals surface area contributed by atoms with E-state index in [1.54, 1.807) is 20.1 Å². The first-order valence-corrected chi connectivity index (χ1v) is 7.54. The SMILES string of the molecule is COc1ccc(CCC(=O)O[C@H](C)C(=O)Nc2cc(C)on2)cc1. The number of hydrogen-bond donors (Lipinski definition) is 1. The highest BCUT2D eigenvalue weighted by atomic mass is 16.5. The average Bonchev–Trinajstić information content (AvgIpc) is 2.98. The lowest BCUT2D eigenvalue weighted by molar-refractivity contribution is -0.153. The van der Waals surface area contributed by atoms with Gasteiger partial charge in [-0.05, 0) is 38.0 Å². The Bertz CT molecular complexity index is 693. The van der Waals surface area contributed by atoms with Crippen LogP contribution in [0.25, 0.3) is 0 Å². The lowest BCUT2D eigenvalue weighted by Gasteiger charge is -2.12. The molecule has 1 amide bonds. The van der Waals surface area contributed by atoms with Crippen LogP contribution in [0.1, 0.15) is 24.7 Å². The molecule has 1 N–H and O–H groups in total. The molecule has 0 saturated heterocycles. The summed E-state index contributed by atoms with van der Waals surface area (Å²) in [5.74, 6) is 0.730. The summed E-state index contributed by atoms with van der Waals surface area (Å²) in [6, 6.07) is 9.01. The monoisotopic (exact) mass is 332 g/mol. The summed E-state index contributed by atoms with van der Waals surface area (Å²) in [5.41, 5.74) is 0.989. The number of nitrogens with zero attached hydrogens (tertiary/aromatic N) is 1. The smallest absolute Gasteiger partial charge is 0.306 e. The van der Waals surface area contributed by atoms with Crippen LogP contribution >= 0.6 is 0 Å². The molecule has 0 saturated carbocycles. The summed E-state index contributed by atoms with van der Waals surface area (Å²) >= 11 is 0. The van der Waals surface area contributed by atoms with Gasteiger partial charge < -0.3 is 19.3 Å². The molecule has 0 radical (unpaired) electrons. The number of rotatable bonds is 7. The number of benzene rings is 1. The molecule has 1 atom stereocenters. The zero-order valence-electron chi connectivity index (χ0n) is 13.9. The minimum Gasteiger partial charge on any atom is -0.497 e. The van der Waals surface area contributed by atoms with E-state index < -0.39 is 18.0 Å². The van der Waals surface area contributed by atoms with Crippen molar-refractivity contribution in [3.8, 4) is 5.75 Å². The second-order valence-electron chi connectivity index (χ2n) is 5.29. The van der Waals surface area contributed by atoms with Crippen molar-refractivity contribution >= 4 is 17.7 Å². The first-order valence-electron chi connectivity index (χ1n) is 7.54. The van der Waals surface area contributed by atoms with Gasteiger partial charge in [0.25, 0.3) is 5.91 Å². The molecule has 7 heteroatoms. The Morgan fingerprint density at radius 2 is 2.00 bits per heavy atom. The van der Waals surface area contributed by atoms with E-state index >= 15 is 0 Å². The summed E-state index contributed by atoms with van der Waals surface area (Å²) in [5, 5.41) is 6.17. The van der Waals surface area contributed by atoms with Crippen LogP contribution in [0.15, 0.2) is 34.9 Å². The molecule has 0 fully saturated rings. The highest BCUT2D eigenvalue weighted by Crippen LogP contribution is 2.13. The Morgan fingerprint density at radius 3 is 2.58 bits per heavy atom. The van der Waals surface area contributed by atoms with Gasteiger partial charge in [-0.25, -0.2) is 0 Å². The van der Waals surface area contributed by atoms with Gasteiger partial charge in [-0.15, -0.1) is 0 Å². The highest BCUT2D eigenvalue weighted by Gasteiger charge is 2.19. The molecule has 0 bridgehead atoms. The van der Waals surface area contributed by atoms with Crippen LogP contribution < -0.4 is 10.1 Å². The second-order valence-corrected chi connectivity index (χ2v) is 5.29. The molecule has 24 heavy (non-hydrogen) atoms. The number of esters is 1. The van der Waals surface area contributed by atoms with E-state index in [9.17, 15) is 9.59 Å². The van der Waals surface area contributed by atoms with E-state index in [0.717, 1.165) is 11.3 Å². The van der Waals surface area contributed by atoms with E-state index in [1.165, 1.54) is 6.92 Å². The highest BCUT2D eigenvalue weighted by molar-refractivity contribution is 5.94. The quantitative estimate of drug-likeness (QED) is 0.783. The van der Waals surface area contributed by atoms with Gasteiger partial charge in [0.05, 0.1) is 7.11 Å². The fourth-order valence-electron chi connectivity index (χ4n) is 2.00. The van der Waals surface area contributed by atoms with Crippen molar-refractivity contribution in [2.75, 3.05) is 12.4 Å². The van der Waals surface area contributed by atoms with Crippen molar-refractivity contribution in [2.24, 2.45) is 0 Å². The summed E-state index contributed by atoms with van der Waals surface area (Å²) in [6.07, 6.45) is -0.197. The largest absolute Gasteiger partial charge is 0.497 e. The van der Waals surface area contributed by atoms with Crippen molar-refractivity contribution < 1.29 is 23.6 Å². The summed E-state index contributed by atoms with van der Waals surface area (Å²) in [4.78, 5) is 23.8. The third kappa shape index (κ3) is 5.12. The molecular weight excluding hydrogens is 312 g/mol. The van der Waals surface area contributed by atoms with Gasteiger partial charge in [0.2, 0.25) is 0 Å². The van der Waals surface area contributed by atoms with Crippen LogP contribution in [0.2, 0.25) is 0 Å². The van der Waals surface area contributed by atoms with Crippen LogP contribution in [0.3, 0.4) is 0 Å². The topological polar surface area (TPSA) is 90.7 Å². The van der Waals surface area contributed by atoms with Crippen LogP contribution in [0.5, 0.6) is 5.75 Å². The predicted octanol–water partition coefficient (Wildman–Crippen LogP) is 2.49. The molecule has 1 aromatic heterocycles. The minimum atomic E-state index is -0.912. The molecule has 0 aliphatic heterocycles. The van der Waals surface area contributed by atoms with Gasteiger partial charge in [0.1, 0.15) is 11.5 Å². The lowest BCUT2D eigenvalue weighted by atomic mass is 10.1. The fraction of sp³-hybridized carbons (Fsp3) is 0.353. The fourth-order valence-corrected chi connectivity index (χ4v) is 2.00. The number of ether oxygens (including phenoxy) is 2. The normalized spacial score (nSPS) is 11.6. The molecule has 128 valence electrons. The number of nitrogens with one attached hydrogen (secondary N) is 1. The van der Waals surface area contributed by atoms with Crippen molar-refractivity contribution in [3.05, 3.63) is 41.7 Å². The molecule has 7 nitrogen and oxygen atoms in total. The molecule has 0 unspecified atom stereocenters. The molecule has 0 aliphatic carbocycles. The number of aryl methyl sites for hydroxylation is 2. The van der Waals surface area contributed by atoms with Crippen molar-refractivity contribution in [1.82, 2.24) is 5.16 Å². The van der Waals surface area contributed by atoms with Gasteiger partial charge in [-0.3, -0.25) is 9.59 Å². The third-order valence-corrected chi connectivity index (χ3v) is 3.33. The van der Waals surface area contributed by atoms with Gasteiger partial charge in [0.15, 0.2) is 11.9 Å². The van der Waals surface area contributed by atoms with Crippen LogP contribution in [0.4, 0.5) is 5.82 Å². The van der Waals surface area contributed by atoms with Crippen LogP contribution in [-0.4, -0.2) is 30.2 Å². The van der Waals surface area contributed by atoms with E-state index in [0.29, 0.717) is 18.0 Å². The second kappa shape index (κ2) is 8.14. The number of carbonyl (C=O) groups excluding carboxylic acids is 2. The Kier molecular flexibility index (Phi) is 5.95. The van der Waals surface area contributed by atoms with E-state index in [1.807, 2.05) is 24.3 Å². The molecule has 0 aliphatic rings. The number of hydrogen-bond acceptors (Lipinski definition) is 6. The maximum absolute atomic E-state index is 11.9. The number of carbonyl (C=O) groups is 2. The third-order valence-electron chi connectivity index (χ3n) is 3.33. The average molecular weight is 332 g/mol. The van der Waals surface area contributed by atoms with Crippen molar-refractivity contribution in [2.45, 2.75) is 32.8 Å². The van der Waals surface area contributed by atoms with E-state index in [4.69, 9.17) is 14.0 Å². The Labute approximate surface area is 139 Å². The van der Waals surface area contributed by atoms with Gasteiger partial charge in [0, 0.05) is 12.5 Å². The molecule has 1 aromatic carbocycles. The molecule has 2 aromatic rings. The molecular formula is C17H20N2O5. The van der Waals surface area contributed by atoms with Gasteiger partial charge >= 0.3 is 5.97 Å². The lowest BCUT2D eigenvalue weighted by Crippen LogP contribution is -2.30. The summed E-state index contributed by atoms with van der Waals surface area (Å²) in [6.45, 7) is 3.22.